The van der Waals surface area contributed by atoms with Gasteiger partial charge in [-0.15, -0.1) is 0 Å². The summed E-state index contributed by atoms with van der Waals surface area (Å²) < 4.78 is 0. The molecule has 0 aromatic heterocycles. The van der Waals surface area contributed by atoms with E-state index in [9.17, 15) is 0 Å². The van der Waals surface area contributed by atoms with Crippen LogP contribution in [0.15, 0.2) is 30.3 Å². The molecule has 0 radical (unpaired) electrons. The number of unbranched alkanes of at least 4 members (excludes halogenated alkanes) is 9. The quantitative estimate of drug-likeness (QED) is 0.269. The van der Waals surface area contributed by atoms with Crippen LogP contribution in [0.5, 0.6) is 0 Å². The topological polar surface area (TPSA) is 3.24 Å². The van der Waals surface area contributed by atoms with Crippen molar-refractivity contribution in [2.75, 3.05) is 19.6 Å². The fourth-order valence-electron chi connectivity index (χ4n) is 3.69. The van der Waals surface area contributed by atoms with Gasteiger partial charge in [0.25, 0.3) is 0 Å². The van der Waals surface area contributed by atoms with Crippen LogP contribution in [0.2, 0.25) is 0 Å². The molecule has 0 aliphatic rings. The second kappa shape index (κ2) is 16.6. The first-order valence-electron chi connectivity index (χ1n) is 11.1. The van der Waals surface area contributed by atoms with Crippen LogP contribution in [0.4, 0.5) is 0 Å². The summed E-state index contributed by atoms with van der Waals surface area (Å²) in [7, 11) is 0. The van der Waals surface area contributed by atoms with Crippen LogP contribution in [-0.4, -0.2) is 24.5 Å². The van der Waals surface area contributed by atoms with Crippen molar-refractivity contribution in [1.82, 2.24) is 4.90 Å². The Morgan fingerprint density at radius 1 is 0.560 bits per heavy atom. The molecule has 1 aromatic carbocycles. The lowest BCUT2D eigenvalue weighted by Gasteiger charge is -2.20. The molecular formula is C24H43N. The summed E-state index contributed by atoms with van der Waals surface area (Å²) in [5.74, 6) is 0. The van der Waals surface area contributed by atoms with Crippen molar-refractivity contribution in [2.24, 2.45) is 0 Å². The summed E-state index contributed by atoms with van der Waals surface area (Å²) in [6, 6.07) is 10.9. The predicted molar refractivity (Wildman–Crippen MR) is 113 cm³/mol. The van der Waals surface area contributed by atoms with Gasteiger partial charge in [-0.05, 0) is 57.3 Å². The van der Waals surface area contributed by atoms with Crippen LogP contribution < -0.4 is 0 Å². The largest absolute Gasteiger partial charge is 0.303 e. The smallest absolute Gasteiger partial charge is 0.00187 e. The van der Waals surface area contributed by atoms with E-state index in [4.69, 9.17) is 0 Å². The highest BCUT2D eigenvalue weighted by Gasteiger charge is 2.01. The molecule has 1 aromatic rings. The highest BCUT2D eigenvalue weighted by atomic mass is 15.1. The van der Waals surface area contributed by atoms with E-state index >= 15 is 0 Å². The van der Waals surface area contributed by atoms with E-state index in [1.807, 2.05) is 0 Å². The molecule has 0 N–H and O–H groups in total. The second-order valence-electron chi connectivity index (χ2n) is 7.61. The van der Waals surface area contributed by atoms with Crippen LogP contribution in [0.1, 0.15) is 96.5 Å². The molecule has 1 rings (SSSR count). The monoisotopic (exact) mass is 345 g/mol. The van der Waals surface area contributed by atoms with Gasteiger partial charge in [-0.3, -0.25) is 0 Å². The van der Waals surface area contributed by atoms with Crippen LogP contribution in [-0.2, 0) is 6.42 Å². The molecule has 1 nitrogen and oxygen atoms in total. The highest BCUT2D eigenvalue weighted by Crippen LogP contribution is 2.12. The predicted octanol–water partition coefficient (Wildman–Crippen LogP) is 7.25. The van der Waals surface area contributed by atoms with Gasteiger partial charge in [-0.2, -0.15) is 0 Å². The van der Waals surface area contributed by atoms with Crippen molar-refractivity contribution < 1.29 is 0 Å². The standard InChI is InChI=1S/C24H43N/c1-3-21-25(22-4-2)23-17-12-10-8-6-5-7-9-11-14-18-24-19-15-13-16-20-24/h13,15-16,19-20H,3-12,14,17-18,21-23H2,1-2H3. The van der Waals surface area contributed by atoms with Crippen molar-refractivity contribution in [1.29, 1.82) is 0 Å². The first-order chi connectivity index (χ1) is 12.4. The minimum atomic E-state index is 1.26. The molecule has 0 aliphatic heterocycles. The van der Waals surface area contributed by atoms with E-state index in [1.165, 1.54) is 109 Å². The number of rotatable bonds is 17. The van der Waals surface area contributed by atoms with Crippen molar-refractivity contribution in [3.8, 4) is 0 Å². The van der Waals surface area contributed by atoms with Crippen LogP contribution in [0.25, 0.3) is 0 Å². The molecule has 0 heterocycles. The molecule has 0 spiro atoms. The lowest BCUT2D eigenvalue weighted by molar-refractivity contribution is 0.267. The van der Waals surface area contributed by atoms with Crippen LogP contribution in [0, 0.1) is 0 Å². The molecule has 144 valence electrons. The number of aryl methyl sites for hydroxylation is 1. The van der Waals surface area contributed by atoms with E-state index in [0.29, 0.717) is 0 Å². The molecule has 0 saturated heterocycles. The average Bonchev–Trinajstić information content (AvgIpc) is 2.64. The maximum atomic E-state index is 2.65. The van der Waals surface area contributed by atoms with Crippen molar-refractivity contribution in [3.05, 3.63) is 35.9 Å². The van der Waals surface area contributed by atoms with E-state index < -0.39 is 0 Å². The normalized spacial score (nSPS) is 11.3. The minimum Gasteiger partial charge on any atom is -0.303 e. The Hall–Kier alpha value is -0.820. The lowest BCUT2D eigenvalue weighted by Crippen LogP contribution is -2.26. The summed E-state index contributed by atoms with van der Waals surface area (Å²) in [4.78, 5) is 2.65. The van der Waals surface area contributed by atoms with Gasteiger partial charge in [-0.25, -0.2) is 0 Å². The maximum absolute atomic E-state index is 2.65. The van der Waals surface area contributed by atoms with Gasteiger partial charge in [0.05, 0.1) is 0 Å². The fraction of sp³-hybridized carbons (Fsp3) is 0.750. The lowest BCUT2D eigenvalue weighted by atomic mass is 10.0. The summed E-state index contributed by atoms with van der Waals surface area (Å²) in [6.07, 6.45) is 18.1. The Morgan fingerprint density at radius 2 is 1.04 bits per heavy atom. The molecule has 0 amide bonds. The molecule has 0 bridgehead atoms. The van der Waals surface area contributed by atoms with Gasteiger partial charge in [0.2, 0.25) is 0 Å². The Balaban J connectivity index is 1.81. The Labute approximate surface area is 158 Å². The molecule has 0 aliphatic carbocycles. The number of hydrogen-bond acceptors (Lipinski definition) is 1. The van der Waals surface area contributed by atoms with Gasteiger partial charge in [0.1, 0.15) is 0 Å². The van der Waals surface area contributed by atoms with E-state index in [2.05, 4.69) is 49.1 Å². The highest BCUT2D eigenvalue weighted by molar-refractivity contribution is 5.14. The summed E-state index contributed by atoms with van der Waals surface area (Å²) in [6.45, 7) is 8.49. The number of nitrogens with zero attached hydrogens (tertiary/aromatic N) is 1. The first-order valence-corrected chi connectivity index (χ1v) is 11.1. The van der Waals surface area contributed by atoms with Gasteiger partial charge in [-0.1, -0.05) is 95.5 Å². The Kier molecular flexibility index (Phi) is 14.8. The summed E-state index contributed by atoms with van der Waals surface area (Å²) in [5, 5.41) is 0. The molecule has 1 heteroatoms. The molecule has 0 atom stereocenters. The molecular weight excluding hydrogens is 302 g/mol. The van der Waals surface area contributed by atoms with Gasteiger partial charge < -0.3 is 4.90 Å². The molecule has 0 fully saturated rings. The van der Waals surface area contributed by atoms with Crippen LogP contribution >= 0.6 is 0 Å². The van der Waals surface area contributed by atoms with E-state index in [0.717, 1.165) is 0 Å². The summed E-state index contributed by atoms with van der Waals surface area (Å²) in [5.41, 5.74) is 1.50. The third-order valence-electron chi connectivity index (χ3n) is 5.11. The zero-order valence-corrected chi connectivity index (χ0v) is 17.1. The Bertz CT molecular complexity index is 367. The maximum Gasteiger partial charge on any atom is -0.00187 e. The number of benzene rings is 1. The summed E-state index contributed by atoms with van der Waals surface area (Å²) >= 11 is 0. The SMILES string of the molecule is CCCN(CCC)CCCCCCCCCCCCc1ccccc1. The van der Waals surface area contributed by atoms with Crippen molar-refractivity contribution in [2.45, 2.75) is 97.3 Å². The Morgan fingerprint density at radius 3 is 1.56 bits per heavy atom. The zero-order valence-electron chi connectivity index (χ0n) is 17.1. The van der Waals surface area contributed by atoms with Gasteiger partial charge >= 0.3 is 0 Å². The molecule has 25 heavy (non-hydrogen) atoms. The number of hydrogen-bond donors (Lipinski definition) is 0. The average molecular weight is 346 g/mol. The van der Waals surface area contributed by atoms with Gasteiger partial charge in [0.15, 0.2) is 0 Å². The van der Waals surface area contributed by atoms with E-state index in [1.54, 1.807) is 0 Å². The van der Waals surface area contributed by atoms with Crippen LogP contribution in [0.3, 0.4) is 0 Å². The van der Waals surface area contributed by atoms with Crippen molar-refractivity contribution in [3.63, 3.8) is 0 Å². The van der Waals surface area contributed by atoms with Crippen molar-refractivity contribution >= 4 is 0 Å². The minimum absolute atomic E-state index is 1.26. The third-order valence-corrected chi connectivity index (χ3v) is 5.11. The second-order valence-corrected chi connectivity index (χ2v) is 7.61. The zero-order chi connectivity index (χ0) is 18.0. The first kappa shape index (κ1) is 22.2. The molecule has 0 saturated carbocycles. The van der Waals surface area contributed by atoms with E-state index in [-0.39, 0.29) is 0 Å². The molecule has 0 unspecified atom stereocenters. The van der Waals surface area contributed by atoms with Gasteiger partial charge in [0, 0.05) is 0 Å². The fourth-order valence-corrected chi connectivity index (χ4v) is 3.69. The third kappa shape index (κ3) is 13.1.